The average molecular weight is 248 g/mol. The smallest absolute Gasteiger partial charge is 0.161 e. The number of para-hydroxylation sites is 2. The lowest BCUT2D eigenvalue weighted by Crippen LogP contribution is -2.13. The van der Waals surface area contributed by atoms with Crippen LogP contribution in [0.2, 0.25) is 0 Å². The van der Waals surface area contributed by atoms with E-state index in [1.165, 1.54) is 10.9 Å². The zero-order valence-corrected chi connectivity index (χ0v) is 10.3. The van der Waals surface area contributed by atoms with Crippen molar-refractivity contribution in [1.29, 1.82) is 0 Å². The SMILES string of the molecule is c1ccc2c(c1)CC(c1cc3ccccc3[nH]1)=NO2. The molecular formula is C16H12N2O. The fourth-order valence-corrected chi connectivity index (χ4v) is 2.43. The normalized spacial score (nSPS) is 13.8. The van der Waals surface area contributed by atoms with E-state index < -0.39 is 0 Å². The van der Waals surface area contributed by atoms with Crippen LogP contribution in [0.25, 0.3) is 10.9 Å². The number of nitrogens with zero attached hydrogens (tertiary/aromatic N) is 1. The Morgan fingerprint density at radius 3 is 2.79 bits per heavy atom. The molecule has 0 fully saturated rings. The summed E-state index contributed by atoms with van der Waals surface area (Å²) in [5.41, 5.74) is 4.26. The minimum Gasteiger partial charge on any atom is -0.356 e. The largest absolute Gasteiger partial charge is 0.356 e. The van der Waals surface area contributed by atoms with Gasteiger partial charge in [0.15, 0.2) is 5.75 Å². The van der Waals surface area contributed by atoms with E-state index in [1.54, 1.807) is 0 Å². The first-order valence-corrected chi connectivity index (χ1v) is 6.30. The number of aromatic nitrogens is 1. The first-order chi connectivity index (χ1) is 9.40. The van der Waals surface area contributed by atoms with Crippen LogP contribution in [0.4, 0.5) is 0 Å². The third-order valence-corrected chi connectivity index (χ3v) is 3.43. The molecule has 0 aliphatic carbocycles. The Kier molecular flexibility index (Phi) is 2.18. The van der Waals surface area contributed by atoms with E-state index in [-0.39, 0.29) is 0 Å². The van der Waals surface area contributed by atoms with E-state index in [4.69, 9.17) is 4.84 Å². The molecule has 0 amide bonds. The summed E-state index contributed by atoms with van der Waals surface area (Å²) >= 11 is 0. The number of H-pyrrole nitrogens is 1. The van der Waals surface area contributed by atoms with Crippen LogP contribution in [0.3, 0.4) is 0 Å². The molecule has 0 saturated heterocycles. The van der Waals surface area contributed by atoms with Gasteiger partial charge in [-0.05, 0) is 18.2 Å². The molecule has 0 unspecified atom stereocenters. The number of oxime groups is 1. The Balaban J connectivity index is 1.76. The van der Waals surface area contributed by atoms with E-state index >= 15 is 0 Å². The molecule has 19 heavy (non-hydrogen) atoms. The van der Waals surface area contributed by atoms with E-state index in [2.05, 4.69) is 34.4 Å². The molecule has 1 aromatic heterocycles. The number of benzene rings is 2. The minimum atomic E-state index is 0.795. The summed E-state index contributed by atoms with van der Waals surface area (Å²) in [6.45, 7) is 0. The highest BCUT2D eigenvalue weighted by atomic mass is 16.6. The van der Waals surface area contributed by atoms with Crippen molar-refractivity contribution in [2.75, 3.05) is 0 Å². The molecular weight excluding hydrogens is 236 g/mol. The number of fused-ring (bicyclic) bond motifs is 2. The van der Waals surface area contributed by atoms with Crippen molar-refractivity contribution in [3.05, 3.63) is 65.9 Å². The molecule has 2 aromatic carbocycles. The van der Waals surface area contributed by atoms with Gasteiger partial charge in [0.1, 0.15) is 5.71 Å². The molecule has 0 spiro atoms. The van der Waals surface area contributed by atoms with Gasteiger partial charge in [0, 0.05) is 22.9 Å². The second-order valence-electron chi connectivity index (χ2n) is 4.68. The van der Waals surface area contributed by atoms with Crippen molar-refractivity contribution in [3.8, 4) is 5.75 Å². The number of hydrogen-bond donors (Lipinski definition) is 1. The summed E-state index contributed by atoms with van der Waals surface area (Å²) in [7, 11) is 0. The van der Waals surface area contributed by atoms with Crippen molar-refractivity contribution >= 4 is 16.6 Å². The highest BCUT2D eigenvalue weighted by molar-refractivity contribution is 6.04. The number of hydrogen-bond acceptors (Lipinski definition) is 2. The van der Waals surface area contributed by atoms with Crippen molar-refractivity contribution < 1.29 is 4.84 Å². The molecule has 0 bridgehead atoms. The van der Waals surface area contributed by atoms with Crippen molar-refractivity contribution in [2.24, 2.45) is 5.16 Å². The van der Waals surface area contributed by atoms with Gasteiger partial charge in [0.2, 0.25) is 0 Å². The maximum atomic E-state index is 5.45. The van der Waals surface area contributed by atoms with E-state index in [9.17, 15) is 0 Å². The van der Waals surface area contributed by atoms with Gasteiger partial charge in [-0.1, -0.05) is 41.6 Å². The van der Waals surface area contributed by atoms with Gasteiger partial charge in [-0.2, -0.15) is 0 Å². The molecule has 3 nitrogen and oxygen atoms in total. The first kappa shape index (κ1) is 10.4. The standard InChI is InChI=1S/C16H12N2O/c1-3-7-13-11(5-1)9-14(17-13)15-10-12-6-2-4-8-16(12)19-18-15/h1-9,17H,10H2. The quantitative estimate of drug-likeness (QED) is 0.703. The molecule has 1 aliphatic heterocycles. The van der Waals surface area contributed by atoms with Crippen LogP contribution in [-0.2, 0) is 6.42 Å². The molecule has 0 radical (unpaired) electrons. The Bertz CT molecular complexity index is 753. The summed E-state index contributed by atoms with van der Waals surface area (Å²) in [5.74, 6) is 0.849. The summed E-state index contributed by atoms with van der Waals surface area (Å²) in [6, 6.07) is 18.3. The molecule has 92 valence electrons. The summed E-state index contributed by atoms with van der Waals surface area (Å²) in [5, 5.41) is 5.42. The molecule has 0 saturated carbocycles. The molecule has 2 heterocycles. The third kappa shape index (κ3) is 1.71. The molecule has 3 heteroatoms. The van der Waals surface area contributed by atoms with Gasteiger partial charge in [-0.15, -0.1) is 0 Å². The maximum Gasteiger partial charge on any atom is 0.161 e. The maximum absolute atomic E-state index is 5.45. The monoisotopic (exact) mass is 248 g/mol. The average Bonchev–Trinajstić information content (AvgIpc) is 2.90. The summed E-state index contributed by atoms with van der Waals surface area (Å²) < 4.78 is 0. The molecule has 4 rings (SSSR count). The third-order valence-electron chi connectivity index (χ3n) is 3.43. The first-order valence-electron chi connectivity index (χ1n) is 6.30. The summed E-state index contributed by atoms with van der Waals surface area (Å²) in [6.07, 6.45) is 0.795. The van der Waals surface area contributed by atoms with Crippen LogP contribution in [-0.4, -0.2) is 10.7 Å². The molecule has 1 aliphatic rings. The Morgan fingerprint density at radius 1 is 1.00 bits per heavy atom. The van der Waals surface area contributed by atoms with Gasteiger partial charge in [-0.25, -0.2) is 0 Å². The second kappa shape index (κ2) is 3.99. The van der Waals surface area contributed by atoms with Crippen molar-refractivity contribution in [1.82, 2.24) is 4.98 Å². The van der Waals surface area contributed by atoms with Crippen LogP contribution in [0.15, 0.2) is 59.8 Å². The predicted octanol–water partition coefficient (Wildman–Crippen LogP) is 3.51. The molecule has 3 aromatic rings. The molecule has 0 atom stereocenters. The number of aromatic amines is 1. The number of nitrogens with one attached hydrogen (secondary N) is 1. The van der Waals surface area contributed by atoms with Gasteiger partial charge in [0.25, 0.3) is 0 Å². The lowest BCUT2D eigenvalue weighted by atomic mass is 10.0. The fourth-order valence-electron chi connectivity index (χ4n) is 2.43. The van der Waals surface area contributed by atoms with Gasteiger partial charge < -0.3 is 9.82 Å². The van der Waals surface area contributed by atoms with Crippen LogP contribution in [0, 0.1) is 0 Å². The van der Waals surface area contributed by atoms with Crippen molar-refractivity contribution in [3.63, 3.8) is 0 Å². The van der Waals surface area contributed by atoms with E-state index in [0.29, 0.717) is 0 Å². The molecule has 1 N–H and O–H groups in total. The second-order valence-corrected chi connectivity index (χ2v) is 4.68. The Hall–Kier alpha value is -2.55. The van der Waals surface area contributed by atoms with Gasteiger partial charge in [-0.3, -0.25) is 0 Å². The zero-order chi connectivity index (χ0) is 12.7. The van der Waals surface area contributed by atoms with Gasteiger partial charge in [0.05, 0.1) is 5.69 Å². The Morgan fingerprint density at radius 2 is 1.84 bits per heavy atom. The van der Waals surface area contributed by atoms with Crippen LogP contribution in [0.5, 0.6) is 5.75 Å². The number of rotatable bonds is 1. The fraction of sp³-hybridized carbons (Fsp3) is 0.0625. The predicted molar refractivity (Wildman–Crippen MR) is 75.6 cm³/mol. The summed E-state index contributed by atoms with van der Waals surface area (Å²) in [4.78, 5) is 8.84. The van der Waals surface area contributed by atoms with Crippen molar-refractivity contribution in [2.45, 2.75) is 6.42 Å². The minimum absolute atomic E-state index is 0.795. The lowest BCUT2D eigenvalue weighted by Gasteiger charge is -2.14. The van der Waals surface area contributed by atoms with Crippen LogP contribution < -0.4 is 4.84 Å². The van der Waals surface area contributed by atoms with Crippen LogP contribution >= 0.6 is 0 Å². The van der Waals surface area contributed by atoms with E-state index in [0.717, 1.165) is 29.1 Å². The van der Waals surface area contributed by atoms with E-state index in [1.807, 2.05) is 30.3 Å². The zero-order valence-electron chi connectivity index (χ0n) is 10.3. The highest BCUT2D eigenvalue weighted by Crippen LogP contribution is 2.25. The van der Waals surface area contributed by atoms with Crippen LogP contribution in [0.1, 0.15) is 11.3 Å². The van der Waals surface area contributed by atoms with Gasteiger partial charge >= 0.3 is 0 Å². The Labute approximate surface area is 110 Å². The highest BCUT2D eigenvalue weighted by Gasteiger charge is 2.16. The topological polar surface area (TPSA) is 37.4 Å². The lowest BCUT2D eigenvalue weighted by molar-refractivity contribution is 0.330.